The molecule has 0 spiro atoms. The molecule has 2 saturated heterocycles. The van der Waals surface area contributed by atoms with E-state index >= 15 is 0 Å². The van der Waals surface area contributed by atoms with E-state index in [0.717, 1.165) is 0 Å². The van der Waals surface area contributed by atoms with Crippen LogP contribution in [0.2, 0.25) is 0 Å². The molecule has 0 aromatic carbocycles. The fourth-order valence-electron chi connectivity index (χ4n) is 4.94. The highest BCUT2D eigenvalue weighted by Crippen LogP contribution is 2.23. The zero-order valence-electron chi connectivity index (χ0n) is 16.7. The van der Waals surface area contributed by atoms with Gasteiger partial charge >= 0.3 is 0 Å². The third-order valence-corrected chi connectivity index (χ3v) is 6.56. The molecule has 0 aliphatic carbocycles. The molecule has 0 amide bonds. The van der Waals surface area contributed by atoms with Gasteiger partial charge in [-0.2, -0.15) is 0 Å². The molecule has 2 heteroatoms. The van der Waals surface area contributed by atoms with Gasteiger partial charge in [-0.15, -0.1) is 0 Å². The lowest BCUT2D eigenvalue weighted by molar-refractivity contribution is -0.917. The SMILES string of the molecule is CCCCCCCCC[N+]1(CCCCCN2CCCC2)CCCC1. The highest BCUT2D eigenvalue weighted by molar-refractivity contribution is 4.65. The summed E-state index contributed by atoms with van der Waals surface area (Å²) in [7, 11) is 0. The van der Waals surface area contributed by atoms with Crippen molar-refractivity contribution >= 4 is 0 Å². The van der Waals surface area contributed by atoms with Crippen LogP contribution in [-0.2, 0) is 0 Å². The molecule has 2 aliphatic heterocycles. The lowest BCUT2D eigenvalue weighted by atomic mass is 10.1. The number of quaternary nitrogens is 1. The van der Waals surface area contributed by atoms with Crippen molar-refractivity contribution in [1.29, 1.82) is 0 Å². The van der Waals surface area contributed by atoms with Crippen molar-refractivity contribution < 1.29 is 4.48 Å². The standard InChI is InChI=1S/C22H45N2/c1-2-3-4-5-6-7-12-19-24(21-14-15-22-24)20-13-8-9-16-23-17-10-11-18-23/h2-22H2,1H3/q+1. The van der Waals surface area contributed by atoms with Crippen LogP contribution in [0.3, 0.4) is 0 Å². The smallest absolute Gasteiger partial charge is 0.0788 e. The number of hydrogen-bond acceptors (Lipinski definition) is 1. The second-order valence-corrected chi connectivity index (χ2v) is 8.67. The maximum absolute atomic E-state index is 2.68. The largest absolute Gasteiger partial charge is 0.324 e. The molecule has 2 fully saturated rings. The number of likely N-dealkylation sites (tertiary alicyclic amines) is 2. The normalized spacial score (nSPS) is 20.9. The van der Waals surface area contributed by atoms with Gasteiger partial charge in [-0.25, -0.2) is 0 Å². The first kappa shape index (κ1) is 20.2. The average molecular weight is 338 g/mol. The van der Waals surface area contributed by atoms with E-state index < -0.39 is 0 Å². The van der Waals surface area contributed by atoms with Crippen molar-refractivity contribution in [2.24, 2.45) is 0 Å². The minimum absolute atomic E-state index is 1.37. The van der Waals surface area contributed by atoms with Gasteiger partial charge in [0.1, 0.15) is 0 Å². The quantitative estimate of drug-likeness (QED) is 0.294. The summed E-state index contributed by atoms with van der Waals surface area (Å²) in [4.78, 5) is 2.68. The third kappa shape index (κ3) is 7.87. The van der Waals surface area contributed by atoms with Crippen molar-refractivity contribution in [3.8, 4) is 0 Å². The van der Waals surface area contributed by atoms with Crippen LogP contribution in [0, 0.1) is 0 Å². The highest BCUT2D eigenvalue weighted by Gasteiger charge is 2.30. The molecule has 2 rings (SSSR count). The van der Waals surface area contributed by atoms with Crippen LogP contribution in [0.15, 0.2) is 0 Å². The Kier molecular flexibility index (Phi) is 10.4. The first-order valence-electron chi connectivity index (χ1n) is 11.4. The Labute approximate surface area is 152 Å². The molecule has 0 aromatic heterocycles. The summed E-state index contributed by atoms with van der Waals surface area (Å²) in [6, 6.07) is 0. The predicted octanol–water partition coefficient (Wildman–Crippen LogP) is 5.61. The number of hydrogen-bond donors (Lipinski definition) is 0. The Bertz CT molecular complexity index is 290. The second-order valence-electron chi connectivity index (χ2n) is 8.67. The van der Waals surface area contributed by atoms with Gasteiger partial charge in [-0.1, -0.05) is 39.0 Å². The molecule has 2 nitrogen and oxygen atoms in total. The van der Waals surface area contributed by atoms with E-state index in [4.69, 9.17) is 0 Å². The van der Waals surface area contributed by atoms with Crippen LogP contribution < -0.4 is 0 Å². The van der Waals surface area contributed by atoms with Gasteiger partial charge in [-0.3, -0.25) is 0 Å². The van der Waals surface area contributed by atoms with Gasteiger partial charge in [-0.05, 0) is 64.6 Å². The van der Waals surface area contributed by atoms with Gasteiger partial charge in [0, 0.05) is 12.8 Å². The van der Waals surface area contributed by atoms with Crippen molar-refractivity contribution in [3.05, 3.63) is 0 Å². The Morgan fingerprint density at radius 3 is 1.79 bits per heavy atom. The van der Waals surface area contributed by atoms with Crippen molar-refractivity contribution in [2.45, 2.75) is 96.8 Å². The molecule has 0 N–H and O–H groups in total. The van der Waals surface area contributed by atoms with Gasteiger partial charge < -0.3 is 9.38 Å². The summed E-state index contributed by atoms with van der Waals surface area (Å²) < 4.78 is 1.48. The van der Waals surface area contributed by atoms with Crippen LogP contribution in [0.1, 0.15) is 96.8 Å². The minimum Gasteiger partial charge on any atom is -0.324 e. The number of nitrogens with zero attached hydrogens (tertiary/aromatic N) is 2. The zero-order valence-corrected chi connectivity index (χ0v) is 16.7. The zero-order chi connectivity index (χ0) is 16.9. The Morgan fingerprint density at radius 2 is 1.17 bits per heavy atom. The monoisotopic (exact) mass is 337 g/mol. The van der Waals surface area contributed by atoms with Crippen molar-refractivity contribution in [1.82, 2.24) is 4.90 Å². The molecule has 142 valence electrons. The topological polar surface area (TPSA) is 3.24 Å². The van der Waals surface area contributed by atoms with Crippen LogP contribution in [0.5, 0.6) is 0 Å². The van der Waals surface area contributed by atoms with Crippen LogP contribution >= 0.6 is 0 Å². The predicted molar refractivity (Wildman–Crippen MR) is 106 cm³/mol. The minimum atomic E-state index is 1.37. The summed E-state index contributed by atoms with van der Waals surface area (Å²) in [6.45, 7) is 12.4. The van der Waals surface area contributed by atoms with E-state index in [-0.39, 0.29) is 0 Å². The van der Waals surface area contributed by atoms with Gasteiger partial charge in [0.25, 0.3) is 0 Å². The molecule has 24 heavy (non-hydrogen) atoms. The van der Waals surface area contributed by atoms with E-state index in [1.54, 1.807) is 0 Å². The highest BCUT2D eigenvalue weighted by atomic mass is 15.4. The maximum atomic E-state index is 2.68. The molecule has 0 saturated carbocycles. The van der Waals surface area contributed by atoms with Crippen LogP contribution in [-0.4, -0.2) is 55.2 Å². The third-order valence-electron chi connectivity index (χ3n) is 6.56. The molecule has 0 atom stereocenters. The Hall–Kier alpha value is -0.0800. The van der Waals surface area contributed by atoms with Crippen molar-refractivity contribution in [3.63, 3.8) is 0 Å². The van der Waals surface area contributed by atoms with E-state index in [2.05, 4.69) is 11.8 Å². The molecule has 0 bridgehead atoms. The second kappa shape index (κ2) is 12.3. The maximum Gasteiger partial charge on any atom is 0.0788 e. The van der Waals surface area contributed by atoms with E-state index in [1.165, 1.54) is 140 Å². The van der Waals surface area contributed by atoms with E-state index in [0.29, 0.717) is 0 Å². The molecular weight excluding hydrogens is 292 g/mol. The molecule has 0 radical (unpaired) electrons. The molecule has 0 aromatic rings. The van der Waals surface area contributed by atoms with Crippen LogP contribution in [0.4, 0.5) is 0 Å². The molecule has 0 unspecified atom stereocenters. The fourth-order valence-corrected chi connectivity index (χ4v) is 4.94. The summed E-state index contributed by atoms with van der Waals surface area (Å²) >= 11 is 0. The van der Waals surface area contributed by atoms with Crippen LogP contribution in [0.25, 0.3) is 0 Å². The number of unbranched alkanes of at least 4 members (excludes halogenated alkanes) is 8. The summed E-state index contributed by atoms with van der Waals surface area (Å²) in [6.07, 6.45) is 20.5. The average Bonchev–Trinajstić information content (AvgIpc) is 3.26. The summed E-state index contributed by atoms with van der Waals surface area (Å²) in [5, 5.41) is 0. The summed E-state index contributed by atoms with van der Waals surface area (Å²) in [5.74, 6) is 0. The Balaban J connectivity index is 1.51. The Morgan fingerprint density at radius 1 is 0.625 bits per heavy atom. The molecular formula is C22H45N2+. The lowest BCUT2D eigenvalue weighted by Crippen LogP contribution is -2.46. The van der Waals surface area contributed by atoms with E-state index in [9.17, 15) is 0 Å². The molecule has 2 aliphatic rings. The van der Waals surface area contributed by atoms with Gasteiger partial charge in [0.2, 0.25) is 0 Å². The first-order chi connectivity index (χ1) is 11.8. The fraction of sp³-hybridized carbons (Fsp3) is 1.00. The molecule has 2 heterocycles. The lowest BCUT2D eigenvalue weighted by Gasteiger charge is -2.34. The first-order valence-corrected chi connectivity index (χ1v) is 11.4. The van der Waals surface area contributed by atoms with Crippen molar-refractivity contribution in [2.75, 3.05) is 45.8 Å². The summed E-state index contributed by atoms with van der Waals surface area (Å²) in [5.41, 5.74) is 0. The van der Waals surface area contributed by atoms with Gasteiger partial charge in [0.15, 0.2) is 0 Å². The number of rotatable bonds is 14. The van der Waals surface area contributed by atoms with Gasteiger partial charge in [0.05, 0.1) is 26.2 Å². The van der Waals surface area contributed by atoms with E-state index in [1.807, 2.05) is 0 Å².